The molecule has 0 bridgehead atoms. The first-order valence-corrected chi connectivity index (χ1v) is 7.02. The van der Waals surface area contributed by atoms with Crippen LogP contribution < -0.4 is 0 Å². The quantitative estimate of drug-likeness (QED) is 0.788. The fourth-order valence-corrected chi connectivity index (χ4v) is 3.33. The van der Waals surface area contributed by atoms with E-state index in [2.05, 4.69) is 6.07 Å². The minimum absolute atomic E-state index is 0.0753. The third-order valence-corrected chi connectivity index (χ3v) is 4.41. The highest BCUT2D eigenvalue weighted by Gasteiger charge is 2.49. The van der Waals surface area contributed by atoms with Crippen LogP contribution in [-0.4, -0.2) is 23.3 Å². The maximum absolute atomic E-state index is 12.3. The predicted molar refractivity (Wildman–Crippen MR) is 72.3 cm³/mol. The van der Waals surface area contributed by atoms with Crippen molar-refractivity contribution in [1.82, 2.24) is 4.90 Å². The van der Waals surface area contributed by atoms with Crippen molar-refractivity contribution in [3.63, 3.8) is 0 Å². The first kappa shape index (κ1) is 12.9. The Morgan fingerprint density at radius 3 is 2.30 bits per heavy atom. The van der Waals surface area contributed by atoms with Gasteiger partial charge in [-0.25, -0.2) is 0 Å². The molecule has 4 heteroatoms. The summed E-state index contributed by atoms with van der Waals surface area (Å²) in [5.74, 6) is -0.847. The van der Waals surface area contributed by atoms with Gasteiger partial charge in [-0.1, -0.05) is 36.8 Å². The lowest BCUT2D eigenvalue weighted by molar-refractivity contribution is -0.140. The molecule has 4 nitrogen and oxygen atoms in total. The normalized spacial score (nSPS) is 26.4. The SMILES string of the molecule is N#CC(CN1C(=O)C2CCCC2C1=O)c1ccccc1. The average Bonchev–Trinajstić information content (AvgIpc) is 3.04. The Morgan fingerprint density at radius 1 is 1.15 bits per heavy atom. The standard InChI is InChI=1S/C16H16N2O2/c17-9-12(11-5-2-1-3-6-11)10-18-15(19)13-7-4-8-14(13)16(18)20/h1-3,5-6,12-14H,4,7-8,10H2. The van der Waals surface area contributed by atoms with E-state index in [1.807, 2.05) is 30.3 Å². The number of benzene rings is 1. The summed E-state index contributed by atoms with van der Waals surface area (Å²) < 4.78 is 0. The molecule has 1 saturated heterocycles. The molecule has 0 N–H and O–H groups in total. The molecule has 0 spiro atoms. The van der Waals surface area contributed by atoms with Gasteiger partial charge >= 0.3 is 0 Å². The number of hydrogen-bond donors (Lipinski definition) is 0. The van der Waals surface area contributed by atoms with E-state index in [4.69, 9.17) is 0 Å². The molecule has 102 valence electrons. The van der Waals surface area contributed by atoms with Crippen LogP contribution in [0.3, 0.4) is 0 Å². The average molecular weight is 268 g/mol. The van der Waals surface area contributed by atoms with E-state index in [1.54, 1.807) is 0 Å². The van der Waals surface area contributed by atoms with E-state index in [-0.39, 0.29) is 30.2 Å². The van der Waals surface area contributed by atoms with Crippen molar-refractivity contribution >= 4 is 11.8 Å². The van der Waals surface area contributed by atoms with E-state index in [1.165, 1.54) is 4.90 Å². The Balaban J connectivity index is 1.79. The third kappa shape index (κ3) is 2.00. The van der Waals surface area contributed by atoms with Crippen LogP contribution in [-0.2, 0) is 9.59 Å². The molecule has 2 aliphatic rings. The topological polar surface area (TPSA) is 61.2 Å². The molecule has 1 aromatic carbocycles. The summed E-state index contributed by atoms with van der Waals surface area (Å²) in [6.45, 7) is 0.186. The van der Waals surface area contributed by atoms with Gasteiger partial charge in [0.05, 0.1) is 23.8 Å². The number of carbonyl (C=O) groups is 2. The van der Waals surface area contributed by atoms with Gasteiger partial charge in [0, 0.05) is 6.54 Å². The monoisotopic (exact) mass is 268 g/mol. The van der Waals surface area contributed by atoms with Crippen molar-refractivity contribution < 1.29 is 9.59 Å². The van der Waals surface area contributed by atoms with E-state index < -0.39 is 5.92 Å². The molecule has 0 radical (unpaired) electrons. The van der Waals surface area contributed by atoms with E-state index in [9.17, 15) is 14.9 Å². The van der Waals surface area contributed by atoms with Gasteiger partial charge in [0.1, 0.15) is 0 Å². The number of fused-ring (bicyclic) bond motifs is 1. The van der Waals surface area contributed by atoms with Crippen molar-refractivity contribution in [3.8, 4) is 6.07 Å². The molecule has 1 saturated carbocycles. The molecular formula is C16H16N2O2. The van der Waals surface area contributed by atoms with Gasteiger partial charge in [0.15, 0.2) is 0 Å². The van der Waals surface area contributed by atoms with Gasteiger partial charge in [0.2, 0.25) is 11.8 Å². The summed E-state index contributed by atoms with van der Waals surface area (Å²) in [5.41, 5.74) is 0.854. The summed E-state index contributed by atoms with van der Waals surface area (Å²) in [4.78, 5) is 25.9. The lowest BCUT2D eigenvalue weighted by Gasteiger charge is -2.19. The van der Waals surface area contributed by atoms with E-state index >= 15 is 0 Å². The molecule has 1 aliphatic carbocycles. The highest BCUT2D eigenvalue weighted by molar-refractivity contribution is 6.05. The maximum Gasteiger partial charge on any atom is 0.233 e. The summed E-state index contributed by atoms with van der Waals surface area (Å²) in [7, 11) is 0. The highest BCUT2D eigenvalue weighted by Crippen LogP contribution is 2.40. The Hall–Kier alpha value is -2.15. The molecule has 2 fully saturated rings. The molecule has 1 heterocycles. The fraction of sp³-hybridized carbons (Fsp3) is 0.438. The second kappa shape index (κ2) is 5.09. The van der Waals surface area contributed by atoms with Gasteiger partial charge in [-0.3, -0.25) is 14.5 Å². The first-order valence-electron chi connectivity index (χ1n) is 7.02. The van der Waals surface area contributed by atoms with Crippen LogP contribution in [0.4, 0.5) is 0 Å². The second-order valence-electron chi connectivity index (χ2n) is 5.52. The van der Waals surface area contributed by atoms with Crippen LogP contribution in [0.2, 0.25) is 0 Å². The van der Waals surface area contributed by atoms with Gasteiger partial charge < -0.3 is 0 Å². The summed E-state index contributed by atoms with van der Waals surface area (Å²) in [6.07, 6.45) is 2.59. The van der Waals surface area contributed by atoms with Gasteiger partial charge in [-0.05, 0) is 18.4 Å². The van der Waals surface area contributed by atoms with Crippen LogP contribution in [0.15, 0.2) is 30.3 Å². The number of rotatable bonds is 3. The molecular weight excluding hydrogens is 252 g/mol. The molecule has 20 heavy (non-hydrogen) atoms. The summed E-state index contributed by atoms with van der Waals surface area (Å²) in [5, 5.41) is 9.32. The van der Waals surface area contributed by atoms with Crippen molar-refractivity contribution in [1.29, 1.82) is 5.26 Å². The lowest BCUT2D eigenvalue weighted by Crippen LogP contribution is -2.35. The predicted octanol–water partition coefficient (Wildman–Crippen LogP) is 2.08. The maximum atomic E-state index is 12.3. The molecule has 1 aliphatic heterocycles. The summed E-state index contributed by atoms with van der Waals surface area (Å²) in [6, 6.07) is 11.5. The first-order chi connectivity index (χ1) is 9.72. The highest BCUT2D eigenvalue weighted by atomic mass is 16.2. The largest absolute Gasteiger partial charge is 0.280 e. The third-order valence-electron chi connectivity index (χ3n) is 4.41. The van der Waals surface area contributed by atoms with Crippen LogP contribution in [0.1, 0.15) is 30.7 Å². The van der Waals surface area contributed by atoms with Crippen molar-refractivity contribution in [2.24, 2.45) is 11.8 Å². The minimum atomic E-state index is -0.442. The number of hydrogen-bond acceptors (Lipinski definition) is 3. The van der Waals surface area contributed by atoms with Crippen LogP contribution in [0.5, 0.6) is 0 Å². The number of imide groups is 1. The van der Waals surface area contributed by atoms with E-state index in [0.717, 1.165) is 24.8 Å². The van der Waals surface area contributed by atoms with E-state index in [0.29, 0.717) is 0 Å². The minimum Gasteiger partial charge on any atom is -0.280 e. The molecule has 3 unspecified atom stereocenters. The molecule has 2 amide bonds. The van der Waals surface area contributed by atoms with Crippen LogP contribution in [0, 0.1) is 23.2 Å². The zero-order valence-electron chi connectivity index (χ0n) is 11.2. The summed E-state index contributed by atoms with van der Waals surface area (Å²) >= 11 is 0. The zero-order valence-corrected chi connectivity index (χ0v) is 11.2. The van der Waals surface area contributed by atoms with Crippen molar-refractivity contribution in [3.05, 3.63) is 35.9 Å². The molecule has 0 aromatic heterocycles. The molecule has 3 rings (SSSR count). The Bertz CT molecular complexity index is 554. The van der Waals surface area contributed by atoms with Gasteiger partial charge in [-0.15, -0.1) is 0 Å². The van der Waals surface area contributed by atoms with Crippen molar-refractivity contribution in [2.45, 2.75) is 25.2 Å². The number of carbonyl (C=O) groups excluding carboxylic acids is 2. The number of likely N-dealkylation sites (tertiary alicyclic amines) is 1. The van der Waals surface area contributed by atoms with Crippen LogP contribution in [0.25, 0.3) is 0 Å². The fourth-order valence-electron chi connectivity index (χ4n) is 3.33. The van der Waals surface area contributed by atoms with Crippen LogP contribution >= 0.6 is 0 Å². The zero-order chi connectivity index (χ0) is 14.1. The Kier molecular flexibility index (Phi) is 3.27. The van der Waals surface area contributed by atoms with Crippen molar-refractivity contribution in [2.75, 3.05) is 6.54 Å². The molecule has 1 aromatic rings. The number of nitriles is 1. The smallest absolute Gasteiger partial charge is 0.233 e. The lowest BCUT2D eigenvalue weighted by atomic mass is 10.00. The Morgan fingerprint density at radius 2 is 1.75 bits per heavy atom. The second-order valence-corrected chi connectivity index (χ2v) is 5.52. The van der Waals surface area contributed by atoms with Gasteiger partial charge in [-0.2, -0.15) is 5.26 Å². The number of amides is 2. The van der Waals surface area contributed by atoms with Gasteiger partial charge in [0.25, 0.3) is 0 Å². The Labute approximate surface area is 118 Å². The molecule has 3 atom stereocenters. The number of nitrogens with zero attached hydrogens (tertiary/aromatic N) is 2.